The van der Waals surface area contributed by atoms with Crippen LogP contribution in [0.5, 0.6) is 0 Å². The maximum atomic E-state index is 12.7. The zero-order valence-electron chi connectivity index (χ0n) is 11.5. The van der Waals surface area contributed by atoms with Crippen LogP contribution in [0.2, 0.25) is 5.02 Å². The lowest BCUT2D eigenvalue weighted by Crippen LogP contribution is -2.29. The van der Waals surface area contributed by atoms with Crippen LogP contribution >= 0.6 is 23.8 Å². The molecule has 4 nitrogen and oxygen atoms in total. The van der Waals surface area contributed by atoms with Crippen LogP contribution in [0.3, 0.4) is 0 Å². The van der Waals surface area contributed by atoms with E-state index in [0.29, 0.717) is 30.5 Å². The van der Waals surface area contributed by atoms with Gasteiger partial charge in [-0.05, 0) is 42.9 Å². The first-order valence-electron chi connectivity index (χ1n) is 6.99. The summed E-state index contributed by atoms with van der Waals surface area (Å²) in [7, 11) is -3.48. The van der Waals surface area contributed by atoms with Crippen molar-refractivity contribution in [2.75, 3.05) is 13.1 Å². The van der Waals surface area contributed by atoms with Gasteiger partial charge in [-0.2, -0.15) is 4.31 Å². The number of hydrogen-bond acceptors (Lipinski definition) is 3. The zero-order valence-corrected chi connectivity index (χ0v) is 13.8. The lowest BCUT2D eigenvalue weighted by molar-refractivity contribution is 0.445. The largest absolute Gasteiger partial charge is 0.389 e. The minimum atomic E-state index is -3.48. The van der Waals surface area contributed by atoms with E-state index in [1.165, 1.54) is 18.6 Å². The Hall–Kier alpha value is -0.690. The van der Waals surface area contributed by atoms with E-state index < -0.39 is 10.0 Å². The quantitative estimate of drug-likeness (QED) is 0.855. The molecular weight excluding hydrogens is 328 g/mol. The molecule has 0 amide bonds. The molecule has 21 heavy (non-hydrogen) atoms. The molecule has 2 unspecified atom stereocenters. The molecule has 1 aliphatic carbocycles. The lowest BCUT2D eigenvalue weighted by atomic mass is 10.0. The molecule has 114 valence electrons. The summed E-state index contributed by atoms with van der Waals surface area (Å²) in [6.45, 7) is 1.25. The number of sulfonamides is 1. The summed E-state index contributed by atoms with van der Waals surface area (Å²) < 4.78 is 27.0. The molecule has 1 aliphatic heterocycles. The first-order chi connectivity index (χ1) is 9.89. The molecule has 2 N–H and O–H groups in total. The number of benzene rings is 1. The molecule has 1 aromatic carbocycles. The Labute approximate surface area is 135 Å². The highest BCUT2D eigenvalue weighted by atomic mass is 35.5. The van der Waals surface area contributed by atoms with Gasteiger partial charge in [0.25, 0.3) is 0 Å². The summed E-state index contributed by atoms with van der Waals surface area (Å²) in [4.78, 5) is 0.382. The van der Waals surface area contributed by atoms with Crippen molar-refractivity contribution in [3.8, 4) is 0 Å². The lowest BCUT2D eigenvalue weighted by Gasteiger charge is -2.18. The van der Waals surface area contributed by atoms with Crippen molar-refractivity contribution in [2.45, 2.75) is 24.2 Å². The molecule has 7 heteroatoms. The fourth-order valence-electron chi connectivity index (χ4n) is 3.39. The van der Waals surface area contributed by atoms with Gasteiger partial charge < -0.3 is 5.73 Å². The predicted molar refractivity (Wildman–Crippen MR) is 86.9 cm³/mol. The Morgan fingerprint density at radius 3 is 2.43 bits per heavy atom. The van der Waals surface area contributed by atoms with Crippen molar-refractivity contribution >= 4 is 38.8 Å². The van der Waals surface area contributed by atoms with Gasteiger partial charge in [0.2, 0.25) is 10.0 Å². The second-order valence-electron chi connectivity index (χ2n) is 5.78. The van der Waals surface area contributed by atoms with E-state index in [9.17, 15) is 8.42 Å². The van der Waals surface area contributed by atoms with E-state index in [-0.39, 0.29) is 14.9 Å². The Morgan fingerprint density at radius 2 is 1.90 bits per heavy atom. The van der Waals surface area contributed by atoms with Crippen LogP contribution in [-0.2, 0) is 10.0 Å². The van der Waals surface area contributed by atoms with Gasteiger partial charge in [0.05, 0.1) is 9.92 Å². The highest BCUT2D eigenvalue weighted by Crippen LogP contribution is 2.40. The van der Waals surface area contributed by atoms with Crippen LogP contribution < -0.4 is 5.73 Å². The SMILES string of the molecule is NC(=S)c1ccc(S(=O)(=O)N2CC3CCCC3C2)cc1Cl. The van der Waals surface area contributed by atoms with E-state index in [1.54, 1.807) is 10.4 Å². The minimum Gasteiger partial charge on any atom is -0.389 e. The number of fused-ring (bicyclic) bond motifs is 1. The Kier molecular flexibility index (Phi) is 3.98. The van der Waals surface area contributed by atoms with Crippen molar-refractivity contribution in [3.63, 3.8) is 0 Å². The van der Waals surface area contributed by atoms with Crippen LogP contribution in [0.25, 0.3) is 0 Å². The summed E-state index contributed by atoms with van der Waals surface area (Å²) >= 11 is 11.0. The molecule has 1 saturated carbocycles. The van der Waals surface area contributed by atoms with Crippen LogP contribution in [0.4, 0.5) is 0 Å². The number of thiocarbonyl (C=S) groups is 1. The van der Waals surface area contributed by atoms with Gasteiger partial charge >= 0.3 is 0 Å². The van der Waals surface area contributed by atoms with Crippen LogP contribution in [0, 0.1) is 11.8 Å². The van der Waals surface area contributed by atoms with Gasteiger partial charge in [0.1, 0.15) is 4.99 Å². The summed E-state index contributed by atoms with van der Waals surface area (Å²) in [6, 6.07) is 4.55. The smallest absolute Gasteiger partial charge is 0.243 e. The minimum absolute atomic E-state index is 0.166. The first kappa shape index (κ1) is 15.2. The monoisotopic (exact) mass is 344 g/mol. The summed E-state index contributed by atoms with van der Waals surface area (Å²) in [5.74, 6) is 1.04. The second-order valence-corrected chi connectivity index (χ2v) is 8.56. The van der Waals surface area contributed by atoms with E-state index in [1.807, 2.05) is 0 Å². The number of halogens is 1. The topological polar surface area (TPSA) is 63.4 Å². The Bertz CT molecular complexity index is 678. The second kappa shape index (κ2) is 5.50. The zero-order chi connectivity index (χ0) is 15.2. The van der Waals surface area contributed by atoms with Gasteiger partial charge in [0, 0.05) is 18.7 Å². The van der Waals surface area contributed by atoms with Crippen molar-refractivity contribution in [1.82, 2.24) is 4.31 Å². The molecule has 0 spiro atoms. The standard InChI is InChI=1S/C14H17ClN2O2S2/c15-13-6-11(4-5-12(13)14(16)20)21(18,19)17-7-9-2-1-3-10(9)8-17/h4-6,9-10H,1-3,7-8H2,(H2,16,20). The highest BCUT2D eigenvalue weighted by molar-refractivity contribution is 7.89. The highest BCUT2D eigenvalue weighted by Gasteiger charge is 2.41. The van der Waals surface area contributed by atoms with Crippen molar-refractivity contribution in [1.29, 1.82) is 0 Å². The van der Waals surface area contributed by atoms with E-state index in [4.69, 9.17) is 29.6 Å². The molecular formula is C14H17ClN2O2S2. The molecule has 3 rings (SSSR count). The van der Waals surface area contributed by atoms with Crippen molar-refractivity contribution < 1.29 is 8.42 Å². The molecule has 1 saturated heterocycles. The normalized spacial score (nSPS) is 26.0. The number of hydrogen-bond donors (Lipinski definition) is 1. The van der Waals surface area contributed by atoms with Crippen molar-refractivity contribution in [3.05, 3.63) is 28.8 Å². The van der Waals surface area contributed by atoms with Crippen LogP contribution in [0.1, 0.15) is 24.8 Å². The average Bonchev–Trinajstić information content (AvgIpc) is 2.98. The molecule has 0 aromatic heterocycles. The number of rotatable bonds is 3. The third kappa shape index (κ3) is 2.70. The third-order valence-electron chi connectivity index (χ3n) is 4.54. The van der Waals surface area contributed by atoms with Crippen molar-refractivity contribution in [2.24, 2.45) is 17.6 Å². The van der Waals surface area contributed by atoms with Gasteiger partial charge in [-0.15, -0.1) is 0 Å². The molecule has 0 bridgehead atoms. The van der Waals surface area contributed by atoms with Gasteiger partial charge in [0.15, 0.2) is 0 Å². The first-order valence-corrected chi connectivity index (χ1v) is 9.21. The Balaban J connectivity index is 1.89. The Morgan fingerprint density at radius 1 is 1.29 bits per heavy atom. The van der Waals surface area contributed by atoms with E-state index >= 15 is 0 Å². The number of nitrogens with two attached hydrogens (primary N) is 1. The van der Waals surface area contributed by atoms with E-state index in [0.717, 1.165) is 12.8 Å². The molecule has 2 atom stereocenters. The summed E-state index contributed by atoms with van der Waals surface area (Å²) in [6.07, 6.45) is 3.49. The predicted octanol–water partition coefficient (Wildman–Crippen LogP) is 2.39. The molecule has 1 heterocycles. The maximum Gasteiger partial charge on any atom is 0.243 e. The van der Waals surface area contributed by atoms with E-state index in [2.05, 4.69) is 0 Å². The van der Waals surface area contributed by atoms with Gasteiger partial charge in [-0.25, -0.2) is 8.42 Å². The third-order valence-corrected chi connectivity index (χ3v) is 6.90. The molecule has 2 fully saturated rings. The molecule has 1 aromatic rings. The molecule has 2 aliphatic rings. The summed E-state index contributed by atoms with van der Waals surface area (Å²) in [5.41, 5.74) is 6.05. The number of nitrogens with zero attached hydrogens (tertiary/aromatic N) is 1. The van der Waals surface area contributed by atoms with Crippen LogP contribution in [0.15, 0.2) is 23.1 Å². The van der Waals surface area contributed by atoms with Gasteiger partial charge in [-0.1, -0.05) is 30.2 Å². The average molecular weight is 345 g/mol. The van der Waals surface area contributed by atoms with Gasteiger partial charge in [-0.3, -0.25) is 0 Å². The fraction of sp³-hybridized carbons (Fsp3) is 0.500. The summed E-state index contributed by atoms with van der Waals surface area (Å²) in [5, 5.41) is 0.281. The fourth-order valence-corrected chi connectivity index (χ4v) is 5.55. The maximum absolute atomic E-state index is 12.7. The van der Waals surface area contributed by atoms with Crippen LogP contribution in [-0.4, -0.2) is 30.8 Å². The molecule has 0 radical (unpaired) electrons.